The van der Waals surface area contributed by atoms with Crippen LogP contribution in [-0.2, 0) is 14.8 Å². The second-order valence-electron chi connectivity index (χ2n) is 5.73. The quantitative estimate of drug-likeness (QED) is 0.751. The van der Waals surface area contributed by atoms with Crippen molar-refractivity contribution >= 4 is 15.9 Å². The Morgan fingerprint density at radius 3 is 2.58 bits per heavy atom. The summed E-state index contributed by atoms with van der Waals surface area (Å²) >= 11 is 0. The van der Waals surface area contributed by atoms with Gasteiger partial charge in [-0.3, -0.25) is 4.79 Å². The van der Waals surface area contributed by atoms with Gasteiger partial charge in [-0.05, 0) is 33.1 Å². The van der Waals surface area contributed by atoms with E-state index in [0.29, 0.717) is 19.4 Å². The summed E-state index contributed by atoms with van der Waals surface area (Å²) in [5.74, 6) is -0.274. The number of aliphatic hydroxyl groups is 1. The number of piperidine rings is 1. The van der Waals surface area contributed by atoms with Crippen LogP contribution in [0.5, 0.6) is 0 Å². The first-order valence-electron chi connectivity index (χ1n) is 6.57. The number of hydrogen-bond donors (Lipinski definition) is 2. The van der Waals surface area contributed by atoms with Crippen molar-refractivity contribution < 1.29 is 18.3 Å². The van der Waals surface area contributed by atoms with Gasteiger partial charge in [0.15, 0.2) is 0 Å². The molecule has 7 heteroatoms. The molecule has 19 heavy (non-hydrogen) atoms. The summed E-state index contributed by atoms with van der Waals surface area (Å²) in [6.07, 6.45) is 3.76. The zero-order chi connectivity index (χ0) is 14.7. The fourth-order valence-corrected chi connectivity index (χ4v) is 3.45. The Morgan fingerprint density at radius 1 is 1.42 bits per heavy atom. The van der Waals surface area contributed by atoms with Crippen LogP contribution in [0.2, 0.25) is 0 Å². The van der Waals surface area contributed by atoms with E-state index in [-0.39, 0.29) is 12.5 Å². The molecule has 0 radical (unpaired) electrons. The first-order valence-corrected chi connectivity index (χ1v) is 8.42. The Bertz CT molecular complexity index is 419. The van der Waals surface area contributed by atoms with Crippen LogP contribution in [0.15, 0.2) is 0 Å². The van der Waals surface area contributed by atoms with E-state index in [9.17, 15) is 13.2 Å². The third-order valence-electron chi connectivity index (χ3n) is 3.38. The van der Waals surface area contributed by atoms with E-state index in [1.165, 1.54) is 4.31 Å². The lowest BCUT2D eigenvalue weighted by atomic mass is 9.98. The van der Waals surface area contributed by atoms with Crippen LogP contribution >= 0.6 is 0 Å². The van der Waals surface area contributed by atoms with E-state index in [1.807, 2.05) is 13.8 Å². The molecule has 1 rings (SSSR count). The second-order valence-corrected chi connectivity index (χ2v) is 7.67. The number of hydrogen-bond acceptors (Lipinski definition) is 4. The van der Waals surface area contributed by atoms with Crippen molar-refractivity contribution in [2.75, 3.05) is 19.4 Å². The Kier molecular flexibility index (Phi) is 5.34. The average molecular weight is 292 g/mol. The van der Waals surface area contributed by atoms with Gasteiger partial charge in [-0.25, -0.2) is 8.42 Å². The van der Waals surface area contributed by atoms with Gasteiger partial charge >= 0.3 is 0 Å². The van der Waals surface area contributed by atoms with E-state index in [2.05, 4.69) is 5.32 Å². The number of nitrogens with zero attached hydrogens (tertiary/aromatic N) is 1. The molecule has 1 saturated heterocycles. The Morgan fingerprint density at radius 2 is 2.05 bits per heavy atom. The van der Waals surface area contributed by atoms with E-state index in [4.69, 9.17) is 5.11 Å². The summed E-state index contributed by atoms with van der Waals surface area (Å²) in [5.41, 5.74) is -0.535. The van der Waals surface area contributed by atoms with Gasteiger partial charge in [-0.15, -0.1) is 0 Å². The largest absolute Gasteiger partial charge is 0.396 e. The number of amides is 1. The predicted molar refractivity (Wildman–Crippen MR) is 73.1 cm³/mol. The minimum atomic E-state index is -3.36. The molecule has 1 atom stereocenters. The number of sulfonamides is 1. The molecule has 0 saturated carbocycles. The lowest BCUT2D eigenvalue weighted by Crippen LogP contribution is -2.56. The van der Waals surface area contributed by atoms with Gasteiger partial charge < -0.3 is 10.4 Å². The van der Waals surface area contributed by atoms with Crippen LogP contribution in [0.1, 0.15) is 39.5 Å². The summed E-state index contributed by atoms with van der Waals surface area (Å²) in [4.78, 5) is 12.2. The van der Waals surface area contributed by atoms with Crippen molar-refractivity contribution in [2.45, 2.75) is 51.1 Å². The minimum absolute atomic E-state index is 0.0201. The normalized spacial score (nSPS) is 22.2. The van der Waals surface area contributed by atoms with Crippen molar-refractivity contribution in [3.05, 3.63) is 0 Å². The first kappa shape index (κ1) is 16.4. The Labute approximate surface area is 115 Å². The second kappa shape index (κ2) is 6.19. The molecule has 6 nitrogen and oxygen atoms in total. The number of aliphatic hydroxyl groups excluding tert-OH is 1. The van der Waals surface area contributed by atoms with Gasteiger partial charge in [0.25, 0.3) is 0 Å². The highest BCUT2D eigenvalue weighted by Gasteiger charge is 2.36. The van der Waals surface area contributed by atoms with Crippen molar-refractivity contribution in [1.82, 2.24) is 9.62 Å². The zero-order valence-electron chi connectivity index (χ0n) is 11.8. The molecule has 1 unspecified atom stereocenters. The van der Waals surface area contributed by atoms with Crippen molar-refractivity contribution in [2.24, 2.45) is 0 Å². The molecule has 0 spiro atoms. The summed E-state index contributed by atoms with van der Waals surface area (Å²) < 4.78 is 24.7. The molecule has 2 N–H and O–H groups in total. The summed E-state index contributed by atoms with van der Waals surface area (Å²) in [6, 6.07) is -0.623. The van der Waals surface area contributed by atoms with Gasteiger partial charge in [0.1, 0.15) is 6.04 Å². The highest BCUT2D eigenvalue weighted by atomic mass is 32.2. The van der Waals surface area contributed by atoms with E-state index in [1.54, 1.807) is 0 Å². The Hall–Kier alpha value is -0.660. The molecule has 1 amide bonds. The van der Waals surface area contributed by atoms with E-state index in [0.717, 1.165) is 19.1 Å². The van der Waals surface area contributed by atoms with E-state index >= 15 is 0 Å². The maximum atomic E-state index is 12.2. The molecule has 0 aromatic carbocycles. The van der Waals surface area contributed by atoms with Gasteiger partial charge in [0.2, 0.25) is 15.9 Å². The van der Waals surface area contributed by atoms with E-state index < -0.39 is 21.6 Å². The van der Waals surface area contributed by atoms with Crippen molar-refractivity contribution in [3.8, 4) is 0 Å². The fourth-order valence-electron chi connectivity index (χ4n) is 2.32. The van der Waals surface area contributed by atoms with Gasteiger partial charge in [-0.1, -0.05) is 6.42 Å². The number of nitrogens with one attached hydrogen (secondary N) is 1. The standard InChI is InChI=1S/C12H24N2O4S/c1-12(2,7-9-15)13-11(16)10-6-4-5-8-14(10)19(3,17)18/h10,15H,4-9H2,1-3H3,(H,13,16). The topological polar surface area (TPSA) is 86.7 Å². The van der Waals surface area contributed by atoms with Crippen LogP contribution in [-0.4, -0.2) is 54.7 Å². The molecule has 1 aliphatic rings. The molecule has 0 aromatic rings. The monoisotopic (exact) mass is 292 g/mol. The SMILES string of the molecule is CC(C)(CCO)NC(=O)C1CCCCN1S(C)(=O)=O. The van der Waals surface area contributed by atoms with Crippen LogP contribution < -0.4 is 5.32 Å². The third-order valence-corrected chi connectivity index (χ3v) is 4.67. The van der Waals surface area contributed by atoms with Crippen molar-refractivity contribution in [1.29, 1.82) is 0 Å². The molecule has 1 heterocycles. The molecule has 1 fully saturated rings. The van der Waals surface area contributed by atoms with Crippen LogP contribution in [0.25, 0.3) is 0 Å². The van der Waals surface area contributed by atoms with Crippen LogP contribution in [0.4, 0.5) is 0 Å². The van der Waals surface area contributed by atoms with Gasteiger partial charge in [0.05, 0.1) is 6.26 Å². The first-order chi connectivity index (χ1) is 8.67. The summed E-state index contributed by atoms with van der Waals surface area (Å²) in [5, 5.41) is 11.8. The van der Waals surface area contributed by atoms with Gasteiger partial charge in [-0.2, -0.15) is 4.31 Å². The molecule has 112 valence electrons. The minimum Gasteiger partial charge on any atom is -0.396 e. The number of carbonyl (C=O) groups is 1. The predicted octanol–water partition coefficient (Wildman–Crippen LogP) is 0.0777. The molecular weight excluding hydrogens is 268 g/mol. The number of carbonyl (C=O) groups excluding carboxylic acids is 1. The van der Waals surface area contributed by atoms with Gasteiger partial charge in [0, 0.05) is 18.7 Å². The summed E-state index contributed by atoms with van der Waals surface area (Å²) in [6.45, 7) is 4.01. The number of rotatable bonds is 5. The lowest BCUT2D eigenvalue weighted by Gasteiger charge is -2.35. The zero-order valence-corrected chi connectivity index (χ0v) is 12.7. The smallest absolute Gasteiger partial charge is 0.238 e. The van der Waals surface area contributed by atoms with Crippen molar-refractivity contribution in [3.63, 3.8) is 0 Å². The molecule has 0 bridgehead atoms. The molecule has 1 aliphatic heterocycles. The maximum Gasteiger partial charge on any atom is 0.238 e. The molecule has 0 aromatic heterocycles. The van der Waals surface area contributed by atoms with Crippen LogP contribution in [0.3, 0.4) is 0 Å². The highest BCUT2D eigenvalue weighted by molar-refractivity contribution is 7.88. The third kappa shape index (κ3) is 4.74. The molecule has 0 aliphatic carbocycles. The summed E-state index contributed by atoms with van der Waals surface area (Å²) in [7, 11) is -3.36. The maximum absolute atomic E-state index is 12.2. The average Bonchev–Trinajstić information content (AvgIpc) is 2.27. The fraction of sp³-hybridized carbons (Fsp3) is 0.917. The van der Waals surface area contributed by atoms with Crippen LogP contribution in [0, 0.1) is 0 Å². The lowest BCUT2D eigenvalue weighted by molar-refractivity contribution is -0.127. The molecular formula is C12H24N2O4S. The highest BCUT2D eigenvalue weighted by Crippen LogP contribution is 2.21. The Balaban J connectivity index is 2.78.